The van der Waals surface area contributed by atoms with E-state index in [1.165, 1.54) is 0 Å². The molecule has 0 spiro atoms. The molecule has 0 aliphatic carbocycles. The van der Waals surface area contributed by atoms with E-state index >= 15 is 0 Å². The van der Waals surface area contributed by atoms with Crippen LogP contribution in [0.25, 0.3) is 0 Å². The van der Waals surface area contributed by atoms with Gasteiger partial charge in [0.2, 0.25) is 29.5 Å². The highest BCUT2D eigenvalue weighted by molar-refractivity contribution is 5.95. The van der Waals surface area contributed by atoms with Crippen molar-refractivity contribution >= 4 is 35.5 Å². The van der Waals surface area contributed by atoms with Crippen molar-refractivity contribution in [1.29, 1.82) is 0 Å². The van der Waals surface area contributed by atoms with Gasteiger partial charge in [-0.3, -0.25) is 24.0 Å². The van der Waals surface area contributed by atoms with Gasteiger partial charge in [0.25, 0.3) is 0 Å². The lowest BCUT2D eigenvalue weighted by Crippen LogP contribution is -2.55. The van der Waals surface area contributed by atoms with Gasteiger partial charge < -0.3 is 43.4 Å². The van der Waals surface area contributed by atoms with Crippen LogP contribution in [-0.2, 0) is 28.8 Å². The minimum Gasteiger partial charge on any atom is -0.480 e. The molecule has 0 radical (unpaired) electrons. The van der Waals surface area contributed by atoms with Gasteiger partial charge in [0, 0.05) is 0 Å². The fraction of sp³-hybridized carbons (Fsp3) is 0.538. The number of rotatable bonds is 12. The second kappa shape index (κ2) is 11.4. The number of nitrogens with one attached hydrogen (secondary N) is 3. The van der Waals surface area contributed by atoms with Gasteiger partial charge in [-0.15, -0.1) is 0 Å². The first-order chi connectivity index (χ1) is 12.5. The van der Waals surface area contributed by atoms with Crippen LogP contribution in [0, 0.1) is 0 Å². The van der Waals surface area contributed by atoms with Crippen LogP contribution in [0.5, 0.6) is 0 Å². The van der Waals surface area contributed by atoms with E-state index in [0.717, 1.165) is 0 Å². The van der Waals surface area contributed by atoms with E-state index in [-0.39, 0.29) is 0 Å². The Kier molecular flexibility index (Phi) is 10.0. The fourth-order valence-corrected chi connectivity index (χ4v) is 1.71. The third kappa shape index (κ3) is 9.71. The summed E-state index contributed by atoms with van der Waals surface area (Å²) in [4.78, 5) is 68.0. The van der Waals surface area contributed by atoms with Gasteiger partial charge in [0.05, 0.1) is 26.0 Å². The van der Waals surface area contributed by atoms with Gasteiger partial charge in [0.1, 0.15) is 18.1 Å². The first-order valence-corrected chi connectivity index (χ1v) is 7.51. The summed E-state index contributed by atoms with van der Waals surface area (Å²) in [6.45, 7) is -1.44. The summed E-state index contributed by atoms with van der Waals surface area (Å²) >= 11 is 0. The zero-order chi connectivity index (χ0) is 21.1. The van der Waals surface area contributed by atoms with Crippen molar-refractivity contribution in [2.75, 3.05) is 13.2 Å². The van der Waals surface area contributed by atoms with E-state index in [2.05, 4.69) is 10.6 Å². The predicted octanol–water partition coefficient (Wildman–Crippen LogP) is -5.77. The normalized spacial score (nSPS) is 13.6. The maximum Gasteiger partial charge on any atom is 0.326 e. The Balaban J connectivity index is 4.80. The second-order valence-electron chi connectivity index (χ2n) is 5.37. The molecule has 27 heavy (non-hydrogen) atoms. The summed E-state index contributed by atoms with van der Waals surface area (Å²) in [5, 5.41) is 23.8. The van der Waals surface area contributed by atoms with Crippen LogP contribution in [0.2, 0.25) is 0 Å². The van der Waals surface area contributed by atoms with Crippen molar-refractivity contribution in [3.05, 3.63) is 0 Å². The molecule has 0 rings (SSSR count). The molecule has 0 aromatic heterocycles. The molecule has 5 amide bonds. The Hall–Kier alpha value is -3.26. The van der Waals surface area contributed by atoms with Crippen LogP contribution in [0.15, 0.2) is 0 Å². The molecule has 0 unspecified atom stereocenters. The summed E-state index contributed by atoms with van der Waals surface area (Å²) < 4.78 is 0. The fourth-order valence-electron chi connectivity index (χ4n) is 1.71. The minimum atomic E-state index is -1.59. The van der Waals surface area contributed by atoms with Crippen molar-refractivity contribution in [3.63, 3.8) is 0 Å². The van der Waals surface area contributed by atoms with E-state index in [1.807, 2.05) is 5.32 Å². The van der Waals surface area contributed by atoms with Crippen LogP contribution in [0.1, 0.15) is 12.8 Å². The molecular formula is C13H22N6O8. The van der Waals surface area contributed by atoms with Gasteiger partial charge in [-0.2, -0.15) is 0 Å². The Bertz CT molecular complexity index is 610. The van der Waals surface area contributed by atoms with Gasteiger partial charge in [0.15, 0.2) is 0 Å². The third-order valence-corrected chi connectivity index (χ3v) is 3.03. The van der Waals surface area contributed by atoms with E-state index in [9.17, 15) is 28.8 Å². The molecule has 0 bridgehead atoms. The van der Waals surface area contributed by atoms with E-state index in [4.69, 9.17) is 27.4 Å². The highest BCUT2D eigenvalue weighted by Crippen LogP contribution is 1.95. The standard InChI is InChI=1S/C13H22N6O8/c14-5(4-20)11(24)19-6(1-8(15)21)12(25)17-3-10(23)18-7(13(26)27)2-9(16)22/h5-7,20H,1-4,14H2,(H2,15,21)(H2,16,22)(H,17,25)(H,18,23)(H,19,24)(H,26,27)/t5-,6-,7-/m0/s1. The number of aliphatic carboxylic acids is 1. The molecule has 11 N–H and O–H groups in total. The number of carboxylic acids is 1. The SMILES string of the molecule is NC(=O)C[C@H](NC(=O)CNC(=O)[C@H](CC(N)=O)NC(=O)[C@@H](N)CO)C(=O)O. The number of carbonyl (C=O) groups is 6. The molecule has 0 aromatic carbocycles. The molecule has 152 valence electrons. The predicted molar refractivity (Wildman–Crippen MR) is 87.2 cm³/mol. The second-order valence-corrected chi connectivity index (χ2v) is 5.37. The first kappa shape index (κ1) is 23.7. The Morgan fingerprint density at radius 3 is 1.81 bits per heavy atom. The Labute approximate surface area is 152 Å². The van der Waals surface area contributed by atoms with E-state index in [0.29, 0.717) is 0 Å². The van der Waals surface area contributed by atoms with Crippen molar-refractivity contribution < 1.29 is 39.0 Å². The van der Waals surface area contributed by atoms with Gasteiger partial charge in [-0.05, 0) is 0 Å². The maximum absolute atomic E-state index is 12.0. The van der Waals surface area contributed by atoms with Gasteiger partial charge in [-0.1, -0.05) is 0 Å². The zero-order valence-corrected chi connectivity index (χ0v) is 14.1. The van der Waals surface area contributed by atoms with E-state index < -0.39 is 79.6 Å². The number of carboxylic acid groups (broad SMARTS) is 1. The monoisotopic (exact) mass is 390 g/mol. The number of hydrogen-bond acceptors (Lipinski definition) is 8. The molecule has 0 saturated heterocycles. The molecule has 14 nitrogen and oxygen atoms in total. The average Bonchev–Trinajstić information content (AvgIpc) is 2.56. The number of carbonyl (C=O) groups excluding carboxylic acids is 5. The molecule has 0 fully saturated rings. The molecule has 0 aliphatic rings. The van der Waals surface area contributed by atoms with Crippen molar-refractivity contribution in [2.24, 2.45) is 17.2 Å². The van der Waals surface area contributed by atoms with Gasteiger partial charge >= 0.3 is 5.97 Å². The summed E-state index contributed by atoms with van der Waals surface area (Å²) in [5.74, 6) is -6.29. The van der Waals surface area contributed by atoms with Crippen LogP contribution in [0.3, 0.4) is 0 Å². The maximum atomic E-state index is 12.0. The highest BCUT2D eigenvalue weighted by atomic mass is 16.4. The number of primary amides is 2. The molecule has 0 saturated carbocycles. The quantitative estimate of drug-likeness (QED) is 0.157. The van der Waals surface area contributed by atoms with Crippen LogP contribution >= 0.6 is 0 Å². The lowest BCUT2D eigenvalue weighted by molar-refractivity contribution is -0.143. The van der Waals surface area contributed by atoms with Crippen LogP contribution in [0.4, 0.5) is 0 Å². The van der Waals surface area contributed by atoms with Crippen molar-refractivity contribution in [1.82, 2.24) is 16.0 Å². The summed E-state index contributed by atoms with van der Waals surface area (Å²) in [6, 6.07) is -4.40. The summed E-state index contributed by atoms with van der Waals surface area (Å²) in [7, 11) is 0. The number of nitrogens with two attached hydrogens (primary N) is 3. The smallest absolute Gasteiger partial charge is 0.326 e. The average molecular weight is 390 g/mol. The summed E-state index contributed by atoms with van der Waals surface area (Å²) in [6.07, 6.45) is -1.27. The molecule has 0 aromatic rings. The lowest BCUT2D eigenvalue weighted by atomic mass is 10.1. The lowest BCUT2D eigenvalue weighted by Gasteiger charge is -2.19. The first-order valence-electron chi connectivity index (χ1n) is 7.51. The van der Waals surface area contributed by atoms with Gasteiger partial charge in [-0.25, -0.2) is 4.79 Å². The van der Waals surface area contributed by atoms with Crippen LogP contribution < -0.4 is 33.2 Å². The van der Waals surface area contributed by atoms with Crippen LogP contribution in [-0.4, -0.2) is 77.0 Å². The highest BCUT2D eigenvalue weighted by Gasteiger charge is 2.26. The number of hydrogen-bond donors (Lipinski definition) is 8. The Morgan fingerprint density at radius 2 is 1.37 bits per heavy atom. The van der Waals surface area contributed by atoms with Crippen molar-refractivity contribution in [3.8, 4) is 0 Å². The third-order valence-electron chi connectivity index (χ3n) is 3.03. The molecule has 0 aliphatic heterocycles. The topological polar surface area (TPSA) is 257 Å². The van der Waals surface area contributed by atoms with Crippen molar-refractivity contribution in [2.45, 2.75) is 31.0 Å². The largest absolute Gasteiger partial charge is 0.480 e. The Morgan fingerprint density at radius 1 is 0.852 bits per heavy atom. The minimum absolute atomic E-state index is 0.614. The zero-order valence-electron chi connectivity index (χ0n) is 14.1. The molecule has 3 atom stereocenters. The van der Waals surface area contributed by atoms with E-state index in [1.54, 1.807) is 0 Å². The molecular weight excluding hydrogens is 368 g/mol. The molecule has 14 heteroatoms. The summed E-state index contributed by atoms with van der Waals surface area (Å²) in [5.41, 5.74) is 15.1. The number of aliphatic hydroxyl groups is 1. The number of amides is 5. The number of aliphatic hydroxyl groups excluding tert-OH is 1. The molecule has 0 heterocycles.